The molecule has 1 fully saturated rings. The van der Waals surface area contributed by atoms with Crippen molar-refractivity contribution in [2.24, 2.45) is 0 Å². The van der Waals surface area contributed by atoms with E-state index in [9.17, 15) is 9.90 Å². The van der Waals surface area contributed by atoms with Crippen molar-refractivity contribution in [2.45, 2.75) is 32.2 Å². The fraction of sp³-hybridized carbons (Fsp3) is 0.923. The molecule has 1 heterocycles. The molecule has 1 atom stereocenters. The van der Waals surface area contributed by atoms with Crippen LogP contribution in [0.2, 0.25) is 0 Å². The maximum absolute atomic E-state index is 11.3. The summed E-state index contributed by atoms with van der Waals surface area (Å²) < 4.78 is 0. The van der Waals surface area contributed by atoms with E-state index >= 15 is 0 Å². The summed E-state index contributed by atoms with van der Waals surface area (Å²) in [7, 11) is 2.14. The van der Waals surface area contributed by atoms with Crippen molar-refractivity contribution in [3.05, 3.63) is 0 Å². The van der Waals surface area contributed by atoms with Crippen LogP contribution in [0.4, 0.5) is 0 Å². The van der Waals surface area contributed by atoms with Gasteiger partial charge in [-0.1, -0.05) is 13.3 Å². The van der Waals surface area contributed by atoms with Crippen LogP contribution in [-0.4, -0.2) is 72.7 Å². The van der Waals surface area contributed by atoms with Gasteiger partial charge in [0.05, 0.1) is 0 Å². The Labute approximate surface area is 110 Å². The van der Waals surface area contributed by atoms with Gasteiger partial charge in [-0.05, 0) is 20.4 Å². The molecule has 0 aromatic carbocycles. The Morgan fingerprint density at radius 3 is 2.44 bits per heavy atom. The lowest BCUT2D eigenvalue weighted by atomic mass is 9.96. The van der Waals surface area contributed by atoms with Gasteiger partial charge in [0.1, 0.15) is 5.54 Å². The molecule has 1 rings (SSSR count). The number of carbonyl (C=O) groups is 1. The Hall–Kier alpha value is -0.650. The Kier molecular flexibility index (Phi) is 6.05. The molecule has 0 spiro atoms. The van der Waals surface area contributed by atoms with Crippen LogP contribution in [0.15, 0.2) is 0 Å². The van der Waals surface area contributed by atoms with Gasteiger partial charge in [-0.2, -0.15) is 0 Å². The van der Waals surface area contributed by atoms with Crippen LogP contribution >= 0.6 is 0 Å². The van der Waals surface area contributed by atoms with Crippen LogP contribution in [0.25, 0.3) is 0 Å². The van der Waals surface area contributed by atoms with E-state index in [1.165, 1.54) is 0 Å². The van der Waals surface area contributed by atoms with Crippen molar-refractivity contribution < 1.29 is 9.90 Å². The van der Waals surface area contributed by atoms with Crippen LogP contribution in [0.3, 0.4) is 0 Å². The minimum absolute atomic E-state index is 0.672. The molecular weight excluding hydrogens is 230 g/mol. The summed E-state index contributed by atoms with van der Waals surface area (Å²) in [6.07, 6.45) is 1.55. The topological polar surface area (TPSA) is 55.8 Å². The number of aliphatic carboxylic acids is 1. The molecular formula is C13H27N3O2. The fourth-order valence-corrected chi connectivity index (χ4v) is 2.33. The average molecular weight is 257 g/mol. The van der Waals surface area contributed by atoms with E-state index in [4.69, 9.17) is 0 Å². The molecule has 1 aliphatic rings. The number of piperazine rings is 1. The predicted octanol–water partition coefficient (Wildman–Crippen LogP) is 0.467. The van der Waals surface area contributed by atoms with Crippen molar-refractivity contribution in [1.29, 1.82) is 0 Å². The minimum Gasteiger partial charge on any atom is -0.480 e. The fourth-order valence-electron chi connectivity index (χ4n) is 2.33. The molecule has 0 aliphatic carbocycles. The summed E-state index contributed by atoms with van der Waals surface area (Å²) in [4.78, 5) is 16.0. The van der Waals surface area contributed by atoms with Gasteiger partial charge in [0.2, 0.25) is 0 Å². The number of carboxylic acids is 1. The predicted molar refractivity (Wildman–Crippen MR) is 72.9 cm³/mol. The van der Waals surface area contributed by atoms with Crippen LogP contribution < -0.4 is 5.32 Å². The molecule has 0 bridgehead atoms. The summed E-state index contributed by atoms with van der Waals surface area (Å²) in [6.45, 7) is 9.83. The quantitative estimate of drug-likeness (QED) is 0.694. The Balaban J connectivity index is 2.28. The van der Waals surface area contributed by atoms with Gasteiger partial charge in [0.25, 0.3) is 0 Å². The summed E-state index contributed by atoms with van der Waals surface area (Å²) >= 11 is 0. The largest absolute Gasteiger partial charge is 0.480 e. The summed E-state index contributed by atoms with van der Waals surface area (Å²) in [5.41, 5.74) is -0.776. The highest BCUT2D eigenvalue weighted by Crippen LogP contribution is 2.12. The van der Waals surface area contributed by atoms with Crippen molar-refractivity contribution in [2.75, 3.05) is 46.3 Å². The Morgan fingerprint density at radius 1 is 1.33 bits per heavy atom. The summed E-state index contributed by atoms with van der Waals surface area (Å²) in [6, 6.07) is 0. The van der Waals surface area contributed by atoms with E-state index in [0.717, 1.165) is 45.7 Å². The monoisotopic (exact) mass is 257 g/mol. The first-order chi connectivity index (χ1) is 8.48. The molecule has 0 radical (unpaired) electrons. The van der Waals surface area contributed by atoms with Crippen molar-refractivity contribution in [3.63, 3.8) is 0 Å². The number of rotatable bonds is 7. The highest BCUT2D eigenvalue weighted by atomic mass is 16.4. The van der Waals surface area contributed by atoms with Gasteiger partial charge >= 0.3 is 5.97 Å². The lowest BCUT2D eigenvalue weighted by molar-refractivity contribution is -0.144. The number of likely N-dealkylation sites (N-methyl/N-ethyl adjacent to an activating group) is 1. The second kappa shape index (κ2) is 7.07. The second-order valence-electron chi connectivity index (χ2n) is 5.46. The van der Waals surface area contributed by atoms with Gasteiger partial charge in [0.15, 0.2) is 0 Å². The van der Waals surface area contributed by atoms with E-state index in [0.29, 0.717) is 6.42 Å². The molecule has 0 amide bonds. The maximum atomic E-state index is 11.3. The molecule has 1 unspecified atom stereocenters. The smallest absolute Gasteiger partial charge is 0.323 e. The zero-order valence-corrected chi connectivity index (χ0v) is 11.9. The number of carboxylic acid groups (broad SMARTS) is 1. The van der Waals surface area contributed by atoms with Crippen LogP contribution in [-0.2, 0) is 4.79 Å². The third-order valence-corrected chi connectivity index (χ3v) is 3.76. The summed E-state index contributed by atoms with van der Waals surface area (Å²) in [5, 5.41) is 12.5. The first-order valence-corrected chi connectivity index (χ1v) is 6.87. The van der Waals surface area contributed by atoms with E-state index < -0.39 is 11.5 Å². The average Bonchev–Trinajstić information content (AvgIpc) is 2.32. The van der Waals surface area contributed by atoms with E-state index in [2.05, 4.69) is 22.2 Å². The highest BCUT2D eigenvalue weighted by molar-refractivity contribution is 5.78. The molecule has 18 heavy (non-hydrogen) atoms. The summed E-state index contributed by atoms with van der Waals surface area (Å²) in [5.74, 6) is -0.747. The third kappa shape index (κ3) is 4.55. The highest BCUT2D eigenvalue weighted by Gasteiger charge is 2.31. The molecule has 0 aromatic heterocycles. The van der Waals surface area contributed by atoms with E-state index in [1.807, 2.05) is 6.92 Å². The molecule has 2 N–H and O–H groups in total. The molecule has 0 aromatic rings. The van der Waals surface area contributed by atoms with Gasteiger partial charge in [0, 0.05) is 39.3 Å². The first-order valence-electron chi connectivity index (χ1n) is 6.87. The molecule has 5 heteroatoms. The first kappa shape index (κ1) is 15.4. The number of hydrogen-bond acceptors (Lipinski definition) is 4. The van der Waals surface area contributed by atoms with Crippen molar-refractivity contribution >= 4 is 5.97 Å². The lowest BCUT2D eigenvalue weighted by Gasteiger charge is -2.33. The number of nitrogens with one attached hydrogen (secondary N) is 1. The van der Waals surface area contributed by atoms with Gasteiger partial charge in [-0.15, -0.1) is 0 Å². The zero-order chi connectivity index (χ0) is 13.6. The molecule has 1 aliphatic heterocycles. The van der Waals surface area contributed by atoms with Gasteiger partial charge in [-0.25, -0.2) is 0 Å². The Bertz CT molecular complexity index is 265. The van der Waals surface area contributed by atoms with Crippen LogP contribution in [0.5, 0.6) is 0 Å². The normalized spacial score (nSPS) is 21.7. The maximum Gasteiger partial charge on any atom is 0.323 e. The second-order valence-corrected chi connectivity index (χ2v) is 5.46. The standard InChI is InChI=1S/C13H27N3O2/c1-4-5-13(2,12(17)18)14-6-7-16-10-8-15(3)9-11-16/h14H,4-11H2,1-3H3,(H,17,18). The van der Waals surface area contributed by atoms with Gasteiger partial charge < -0.3 is 15.3 Å². The van der Waals surface area contributed by atoms with Crippen LogP contribution in [0, 0.1) is 0 Å². The third-order valence-electron chi connectivity index (χ3n) is 3.76. The molecule has 5 nitrogen and oxygen atoms in total. The zero-order valence-electron chi connectivity index (χ0n) is 11.9. The lowest BCUT2D eigenvalue weighted by Crippen LogP contribution is -2.53. The number of nitrogens with zero attached hydrogens (tertiary/aromatic N) is 2. The van der Waals surface area contributed by atoms with E-state index in [1.54, 1.807) is 6.92 Å². The van der Waals surface area contributed by atoms with Crippen LogP contribution in [0.1, 0.15) is 26.7 Å². The Morgan fingerprint density at radius 2 is 1.94 bits per heavy atom. The molecule has 0 saturated carbocycles. The van der Waals surface area contributed by atoms with E-state index in [-0.39, 0.29) is 0 Å². The van der Waals surface area contributed by atoms with Crippen molar-refractivity contribution in [3.8, 4) is 0 Å². The molecule has 106 valence electrons. The number of hydrogen-bond donors (Lipinski definition) is 2. The minimum atomic E-state index is -0.776. The van der Waals surface area contributed by atoms with Crippen molar-refractivity contribution in [1.82, 2.24) is 15.1 Å². The van der Waals surface area contributed by atoms with Gasteiger partial charge in [-0.3, -0.25) is 9.69 Å². The molecule has 1 saturated heterocycles. The SMILES string of the molecule is CCCC(C)(NCCN1CCN(C)CC1)C(=O)O.